The zero-order valence-corrected chi connectivity index (χ0v) is 22.6. The summed E-state index contributed by atoms with van der Waals surface area (Å²) < 4.78 is 8.85. The van der Waals surface area contributed by atoms with Crippen molar-refractivity contribution in [1.82, 2.24) is 9.66 Å². The molecule has 0 atom stereocenters. The summed E-state index contributed by atoms with van der Waals surface area (Å²) in [6.07, 6.45) is 7.34. The molecule has 1 fully saturated rings. The summed E-state index contributed by atoms with van der Waals surface area (Å²) in [5, 5.41) is 7.49. The second kappa shape index (κ2) is 10.9. The SMILES string of the molecule is O=c1c2ccccc2nc(C2CCCCC2)n1N=Cc1c(OCc2ccc(Br)cc2)ccc2ccccc12. The van der Waals surface area contributed by atoms with E-state index in [2.05, 4.69) is 34.1 Å². The molecule has 1 heterocycles. The van der Waals surface area contributed by atoms with Gasteiger partial charge in [0.15, 0.2) is 0 Å². The van der Waals surface area contributed by atoms with Gasteiger partial charge in [0.25, 0.3) is 5.56 Å². The van der Waals surface area contributed by atoms with Crippen molar-refractivity contribution in [2.45, 2.75) is 44.6 Å². The number of hydrogen-bond acceptors (Lipinski definition) is 4. The molecular formula is C32H28BrN3O2. The highest BCUT2D eigenvalue weighted by Crippen LogP contribution is 2.32. The largest absolute Gasteiger partial charge is 0.488 e. The van der Waals surface area contributed by atoms with Crippen LogP contribution < -0.4 is 10.3 Å². The number of benzene rings is 4. The van der Waals surface area contributed by atoms with E-state index in [9.17, 15) is 4.79 Å². The van der Waals surface area contributed by atoms with Crippen LogP contribution in [0, 0.1) is 0 Å². The van der Waals surface area contributed by atoms with Crippen LogP contribution in [0.1, 0.15) is 55.0 Å². The highest BCUT2D eigenvalue weighted by molar-refractivity contribution is 9.10. The lowest BCUT2D eigenvalue weighted by Crippen LogP contribution is -2.25. The summed E-state index contributed by atoms with van der Waals surface area (Å²) >= 11 is 3.49. The van der Waals surface area contributed by atoms with Crippen LogP contribution in [0.15, 0.2) is 99.3 Å². The van der Waals surface area contributed by atoms with Crippen molar-refractivity contribution < 1.29 is 4.74 Å². The predicted molar refractivity (Wildman–Crippen MR) is 157 cm³/mol. The van der Waals surface area contributed by atoms with E-state index in [1.807, 2.05) is 66.7 Å². The minimum Gasteiger partial charge on any atom is -0.488 e. The van der Waals surface area contributed by atoms with Crippen LogP contribution in [-0.4, -0.2) is 15.9 Å². The summed E-state index contributed by atoms with van der Waals surface area (Å²) in [7, 11) is 0. The molecule has 0 unspecified atom stereocenters. The van der Waals surface area contributed by atoms with Crippen molar-refractivity contribution in [2.75, 3.05) is 0 Å². The number of nitrogens with zero attached hydrogens (tertiary/aromatic N) is 3. The molecule has 5 nitrogen and oxygen atoms in total. The summed E-state index contributed by atoms with van der Waals surface area (Å²) in [5.41, 5.74) is 2.51. The van der Waals surface area contributed by atoms with Gasteiger partial charge in [0.1, 0.15) is 18.2 Å². The average Bonchev–Trinajstić information content (AvgIpc) is 2.97. The molecule has 0 aliphatic heterocycles. The first-order valence-electron chi connectivity index (χ1n) is 13.1. The topological polar surface area (TPSA) is 56.5 Å². The van der Waals surface area contributed by atoms with E-state index < -0.39 is 0 Å². The number of hydrogen-bond donors (Lipinski definition) is 0. The molecule has 1 aliphatic rings. The first-order chi connectivity index (χ1) is 18.7. The Morgan fingerprint density at radius 3 is 2.45 bits per heavy atom. The Morgan fingerprint density at radius 2 is 1.63 bits per heavy atom. The van der Waals surface area contributed by atoms with Crippen molar-refractivity contribution in [3.8, 4) is 5.75 Å². The van der Waals surface area contributed by atoms with E-state index in [4.69, 9.17) is 14.8 Å². The molecule has 0 saturated heterocycles. The molecule has 38 heavy (non-hydrogen) atoms. The van der Waals surface area contributed by atoms with Crippen LogP contribution in [0.3, 0.4) is 0 Å². The summed E-state index contributed by atoms with van der Waals surface area (Å²) in [6, 6.07) is 27.8. The van der Waals surface area contributed by atoms with Gasteiger partial charge in [-0.1, -0.05) is 89.8 Å². The molecule has 4 aromatic carbocycles. The lowest BCUT2D eigenvalue weighted by Gasteiger charge is -2.22. The molecular weight excluding hydrogens is 538 g/mol. The van der Waals surface area contributed by atoms with Crippen LogP contribution in [-0.2, 0) is 6.61 Å². The van der Waals surface area contributed by atoms with Gasteiger partial charge in [0.05, 0.1) is 17.1 Å². The fraction of sp³-hybridized carbons (Fsp3) is 0.219. The number of halogens is 1. The Hall–Kier alpha value is -3.77. The van der Waals surface area contributed by atoms with Gasteiger partial charge in [0, 0.05) is 16.0 Å². The normalized spacial score (nSPS) is 14.4. The molecule has 6 rings (SSSR count). The van der Waals surface area contributed by atoms with Gasteiger partial charge in [-0.3, -0.25) is 4.79 Å². The number of para-hydroxylation sites is 1. The Kier molecular flexibility index (Phi) is 7.06. The van der Waals surface area contributed by atoms with Crippen molar-refractivity contribution in [2.24, 2.45) is 5.10 Å². The fourth-order valence-electron chi connectivity index (χ4n) is 5.27. The number of fused-ring (bicyclic) bond motifs is 2. The molecule has 5 aromatic rings. The Morgan fingerprint density at radius 1 is 0.895 bits per heavy atom. The van der Waals surface area contributed by atoms with Gasteiger partial charge in [-0.05, 0) is 59.5 Å². The highest BCUT2D eigenvalue weighted by atomic mass is 79.9. The number of aromatic nitrogens is 2. The van der Waals surface area contributed by atoms with Crippen molar-refractivity contribution in [1.29, 1.82) is 0 Å². The highest BCUT2D eigenvalue weighted by Gasteiger charge is 2.22. The van der Waals surface area contributed by atoms with E-state index in [1.165, 1.54) is 11.1 Å². The van der Waals surface area contributed by atoms with Crippen molar-refractivity contribution in [3.05, 3.63) is 117 Å². The molecule has 190 valence electrons. The molecule has 1 saturated carbocycles. The maximum Gasteiger partial charge on any atom is 0.282 e. The Balaban J connectivity index is 1.45. The van der Waals surface area contributed by atoms with Crippen LogP contribution in [0.5, 0.6) is 5.75 Å². The van der Waals surface area contributed by atoms with Crippen LogP contribution in [0.4, 0.5) is 0 Å². The molecule has 0 amide bonds. The lowest BCUT2D eigenvalue weighted by atomic mass is 9.88. The van der Waals surface area contributed by atoms with Crippen LogP contribution in [0.25, 0.3) is 21.7 Å². The molecule has 0 spiro atoms. The molecule has 0 bridgehead atoms. The van der Waals surface area contributed by atoms with Gasteiger partial charge >= 0.3 is 0 Å². The van der Waals surface area contributed by atoms with Crippen LogP contribution >= 0.6 is 15.9 Å². The zero-order chi connectivity index (χ0) is 25.9. The quantitative estimate of drug-likeness (QED) is 0.197. The molecule has 0 radical (unpaired) electrons. The molecule has 6 heteroatoms. The maximum absolute atomic E-state index is 13.7. The Bertz CT molecular complexity index is 1690. The van der Waals surface area contributed by atoms with Crippen LogP contribution in [0.2, 0.25) is 0 Å². The Labute approximate surface area is 229 Å². The summed E-state index contributed by atoms with van der Waals surface area (Å²) in [6.45, 7) is 0.428. The van der Waals surface area contributed by atoms with Gasteiger partial charge in [-0.15, -0.1) is 0 Å². The van der Waals surface area contributed by atoms with Gasteiger partial charge in [-0.25, -0.2) is 4.98 Å². The second-order valence-electron chi connectivity index (χ2n) is 9.80. The fourth-order valence-corrected chi connectivity index (χ4v) is 5.53. The number of ether oxygens (including phenoxy) is 1. The molecule has 0 N–H and O–H groups in total. The van der Waals surface area contributed by atoms with Crippen molar-refractivity contribution in [3.63, 3.8) is 0 Å². The number of rotatable bonds is 6. The zero-order valence-electron chi connectivity index (χ0n) is 21.0. The lowest BCUT2D eigenvalue weighted by molar-refractivity contribution is 0.306. The third-order valence-corrected chi connectivity index (χ3v) is 7.82. The van der Waals surface area contributed by atoms with E-state index in [0.717, 1.165) is 69.1 Å². The second-order valence-corrected chi connectivity index (χ2v) is 10.7. The standard InChI is InChI=1S/C32H28BrN3O2/c33-25-17-14-22(15-18-25)21-38-30-19-16-23-8-4-5-11-26(23)28(30)20-34-36-31(24-9-2-1-3-10-24)35-29-13-7-6-12-27(29)32(36)37/h4-8,11-20,24H,1-3,9-10,21H2. The van der Waals surface area contributed by atoms with E-state index in [1.54, 1.807) is 6.21 Å². The van der Waals surface area contributed by atoms with E-state index in [0.29, 0.717) is 12.0 Å². The monoisotopic (exact) mass is 565 g/mol. The third-order valence-electron chi connectivity index (χ3n) is 7.29. The summed E-state index contributed by atoms with van der Waals surface area (Å²) in [4.78, 5) is 18.6. The minimum atomic E-state index is -0.134. The minimum absolute atomic E-state index is 0.134. The summed E-state index contributed by atoms with van der Waals surface area (Å²) in [5.74, 6) is 1.69. The smallest absolute Gasteiger partial charge is 0.282 e. The maximum atomic E-state index is 13.7. The third kappa shape index (κ3) is 5.01. The predicted octanol–water partition coefficient (Wildman–Crippen LogP) is 7.82. The first-order valence-corrected chi connectivity index (χ1v) is 13.9. The molecule has 1 aliphatic carbocycles. The molecule has 1 aromatic heterocycles. The first kappa shape index (κ1) is 24.6. The van der Waals surface area contributed by atoms with Gasteiger partial charge < -0.3 is 4.74 Å². The van der Waals surface area contributed by atoms with Crippen molar-refractivity contribution >= 4 is 43.8 Å². The van der Waals surface area contributed by atoms with E-state index >= 15 is 0 Å². The van der Waals surface area contributed by atoms with Gasteiger partial charge in [0.2, 0.25) is 0 Å². The van der Waals surface area contributed by atoms with Gasteiger partial charge in [-0.2, -0.15) is 9.78 Å². The van der Waals surface area contributed by atoms with E-state index in [-0.39, 0.29) is 11.5 Å². The average molecular weight is 566 g/mol.